The Labute approximate surface area is 159 Å². The van der Waals surface area contributed by atoms with Gasteiger partial charge in [0.1, 0.15) is 0 Å². The summed E-state index contributed by atoms with van der Waals surface area (Å²) >= 11 is 1.62. The summed E-state index contributed by atoms with van der Waals surface area (Å²) in [6.07, 6.45) is 0.304. The first-order valence-electron chi connectivity index (χ1n) is 8.88. The molecule has 0 aliphatic rings. The molecule has 0 radical (unpaired) electrons. The molecule has 3 aromatic rings. The van der Waals surface area contributed by atoms with E-state index < -0.39 is 0 Å². The SMILES string of the molecule is Cc1ccc([C@@H](NC(=O)Cc2csc(C(C)C)n2)c2ccccc2)cc1. The highest BCUT2D eigenvalue weighted by atomic mass is 32.1. The highest BCUT2D eigenvalue weighted by Gasteiger charge is 2.18. The molecule has 0 aliphatic carbocycles. The number of aryl methyl sites for hydroxylation is 1. The summed E-state index contributed by atoms with van der Waals surface area (Å²) in [5.41, 5.74) is 4.20. The Bertz CT molecular complexity index is 853. The summed E-state index contributed by atoms with van der Waals surface area (Å²) in [7, 11) is 0. The van der Waals surface area contributed by atoms with Crippen LogP contribution in [0.3, 0.4) is 0 Å². The van der Waals surface area contributed by atoms with Crippen molar-refractivity contribution in [3.8, 4) is 0 Å². The Kier molecular flexibility index (Phi) is 5.84. The number of benzene rings is 2. The number of hydrogen-bond acceptors (Lipinski definition) is 3. The minimum atomic E-state index is -0.160. The van der Waals surface area contributed by atoms with Gasteiger partial charge < -0.3 is 5.32 Å². The van der Waals surface area contributed by atoms with Crippen LogP contribution in [0.2, 0.25) is 0 Å². The van der Waals surface area contributed by atoms with Crippen molar-refractivity contribution < 1.29 is 4.79 Å². The molecule has 4 heteroatoms. The van der Waals surface area contributed by atoms with E-state index in [0.717, 1.165) is 21.8 Å². The van der Waals surface area contributed by atoms with Gasteiger partial charge in [-0.25, -0.2) is 4.98 Å². The maximum absolute atomic E-state index is 12.7. The van der Waals surface area contributed by atoms with Crippen LogP contribution in [-0.4, -0.2) is 10.9 Å². The smallest absolute Gasteiger partial charge is 0.226 e. The first-order valence-corrected chi connectivity index (χ1v) is 9.76. The van der Waals surface area contributed by atoms with E-state index in [1.54, 1.807) is 11.3 Å². The molecule has 0 spiro atoms. The standard InChI is InChI=1S/C22H24N2OS/c1-15(2)22-23-19(14-26-22)13-20(25)24-21(17-7-5-4-6-8-17)18-11-9-16(3)10-12-18/h4-12,14-15,21H,13H2,1-3H3,(H,24,25)/t21-/m0/s1. The molecule has 3 rings (SSSR count). The fourth-order valence-electron chi connectivity index (χ4n) is 2.81. The molecule has 0 saturated carbocycles. The van der Waals surface area contributed by atoms with E-state index in [4.69, 9.17) is 0 Å². The molecular formula is C22H24N2OS. The number of thiazole rings is 1. The average molecular weight is 365 g/mol. The minimum Gasteiger partial charge on any atom is -0.345 e. The van der Waals surface area contributed by atoms with E-state index in [1.807, 2.05) is 35.7 Å². The van der Waals surface area contributed by atoms with E-state index in [1.165, 1.54) is 5.56 Å². The van der Waals surface area contributed by atoms with Crippen molar-refractivity contribution in [2.45, 2.75) is 39.2 Å². The number of amides is 1. The topological polar surface area (TPSA) is 42.0 Å². The van der Waals surface area contributed by atoms with Crippen molar-refractivity contribution >= 4 is 17.2 Å². The van der Waals surface area contributed by atoms with Gasteiger partial charge in [0.25, 0.3) is 0 Å². The van der Waals surface area contributed by atoms with Gasteiger partial charge in [-0.05, 0) is 18.1 Å². The predicted octanol–water partition coefficient (Wildman–Crippen LogP) is 5.02. The summed E-state index contributed by atoms with van der Waals surface area (Å²) < 4.78 is 0. The molecule has 1 atom stereocenters. The number of nitrogens with one attached hydrogen (secondary N) is 1. The summed E-state index contributed by atoms with van der Waals surface area (Å²) in [5.74, 6) is 0.376. The minimum absolute atomic E-state index is 0.0139. The fourth-order valence-corrected chi connectivity index (χ4v) is 3.64. The van der Waals surface area contributed by atoms with Crippen molar-refractivity contribution in [3.63, 3.8) is 0 Å². The lowest BCUT2D eigenvalue weighted by molar-refractivity contribution is -0.121. The van der Waals surface area contributed by atoms with Crippen LogP contribution >= 0.6 is 11.3 Å². The summed E-state index contributed by atoms with van der Waals surface area (Å²) in [6, 6.07) is 18.2. The Morgan fingerprint density at radius 1 is 1.04 bits per heavy atom. The Morgan fingerprint density at radius 3 is 2.31 bits per heavy atom. The van der Waals surface area contributed by atoms with E-state index in [2.05, 4.69) is 55.3 Å². The third-order valence-electron chi connectivity index (χ3n) is 4.25. The largest absolute Gasteiger partial charge is 0.345 e. The first kappa shape index (κ1) is 18.3. The van der Waals surface area contributed by atoms with E-state index in [9.17, 15) is 4.79 Å². The lowest BCUT2D eigenvalue weighted by atomic mass is 9.97. The molecule has 0 aliphatic heterocycles. The predicted molar refractivity (Wildman–Crippen MR) is 108 cm³/mol. The number of hydrogen-bond donors (Lipinski definition) is 1. The van der Waals surface area contributed by atoms with Crippen molar-refractivity contribution in [1.29, 1.82) is 0 Å². The maximum atomic E-state index is 12.7. The average Bonchev–Trinajstić information content (AvgIpc) is 3.10. The zero-order chi connectivity index (χ0) is 18.5. The van der Waals surface area contributed by atoms with E-state index in [-0.39, 0.29) is 11.9 Å². The Hall–Kier alpha value is -2.46. The summed E-state index contributed by atoms with van der Waals surface area (Å²) in [4.78, 5) is 17.2. The van der Waals surface area contributed by atoms with Gasteiger partial charge in [-0.2, -0.15) is 0 Å². The van der Waals surface area contributed by atoms with Gasteiger partial charge in [-0.15, -0.1) is 11.3 Å². The molecule has 1 aromatic heterocycles. The summed E-state index contributed by atoms with van der Waals surface area (Å²) in [5, 5.41) is 6.24. The van der Waals surface area contributed by atoms with E-state index in [0.29, 0.717) is 12.3 Å². The molecule has 26 heavy (non-hydrogen) atoms. The van der Waals surface area contributed by atoms with Crippen LogP contribution in [0.5, 0.6) is 0 Å². The maximum Gasteiger partial charge on any atom is 0.226 e. The normalized spacial score (nSPS) is 12.2. The van der Waals surface area contributed by atoms with Crippen LogP contribution in [0, 0.1) is 6.92 Å². The number of rotatable bonds is 6. The quantitative estimate of drug-likeness (QED) is 0.667. The molecule has 1 amide bonds. The third-order valence-corrected chi connectivity index (χ3v) is 5.45. The van der Waals surface area contributed by atoms with Crippen molar-refractivity contribution in [3.05, 3.63) is 87.4 Å². The van der Waals surface area contributed by atoms with Crippen LogP contribution in [0.25, 0.3) is 0 Å². The van der Waals surface area contributed by atoms with Crippen molar-refractivity contribution in [2.75, 3.05) is 0 Å². The second-order valence-corrected chi connectivity index (χ2v) is 7.72. The zero-order valence-electron chi connectivity index (χ0n) is 15.4. The molecular weight excluding hydrogens is 340 g/mol. The van der Waals surface area contributed by atoms with Crippen LogP contribution < -0.4 is 5.32 Å². The molecule has 3 nitrogen and oxygen atoms in total. The second-order valence-electron chi connectivity index (χ2n) is 6.83. The third kappa shape index (κ3) is 4.58. The van der Waals surface area contributed by atoms with Gasteiger partial charge in [-0.3, -0.25) is 4.79 Å². The van der Waals surface area contributed by atoms with E-state index >= 15 is 0 Å². The molecule has 1 N–H and O–H groups in total. The Balaban J connectivity index is 1.78. The first-order chi connectivity index (χ1) is 12.5. The second kappa shape index (κ2) is 8.28. The number of carbonyl (C=O) groups is 1. The number of aromatic nitrogens is 1. The molecule has 0 fully saturated rings. The van der Waals surface area contributed by atoms with Crippen LogP contribution in [-0.2, 0) is 11.2 Å². The lowest BCUT2D eigenvalue weighted by Crippen LogP contribution is -2.30. The lowest BCUT2D eigenvalue weighted by Gasteiger charge is -2.20. The van der Waals surface area contributed by atoms with Crippen LogP contribution in [0.15, 0.2) is 60.0 Å². The molecule has 1 heterocycles. The van der Waals surface area contributed by atoms with Gasteiger partial charge >= 0.3 is 0 Å². The summed E-state index contributed by atoms with van der Waals surface area (Å²) in [6.45, 7) is 6.30. The van der Waals surface area contributed by atoms with Crippen molar-refractivity contribution in [1.82, 2.24) is 10.3 Å². The van der Waals surface area contributed by atoms with Gasteiger partial charge in [0, 0.05) is 11.3 Å². The van der Waals surface area contributed by atoms with Gasteiger partial charge in [0.15, 0.2) is 0 Å². The van der Waals surface area contributed by atoms with Crippen molar-refractivity contribution in [2.24, 2.45) is 0 Å². The fraction of sp³-hybridized carbons (Fsp3) is 0.273. The molecule has 134 valence electrons. The number of carbonyl (C=O) groups excluding carboxylic acids is 1. The Morgan fingerprint density at radius 2 is 1.69 bits per heavy atom. The molecule has 2 aromatic carbocycles. The van der Waals surface area contributed by atoms with Gasteiger partial charge in [-0.1, -0.05) is 74.0 Å². The molecule has 0 saturated heterocycles. The van der Waals surface area contributed by atoms with Gasteiger partial charge in [0.05, 0.1) is 23.2 Å². The molecule has 0 bridgehead atoms. The van der Waals surface area contributed by atoms with Crippen LogP contribution in [0.1, 0.15) is 53.2 Å². The van der Waals surface area contributed by atoms with Gasteiger partial charge in [0.2, 0.25) is 5.91 Å². The monoisotopic (exact) mass is 364 g/mol. The number of nitrogens with zero attached hydrogens (tertiary/aromatic N) is 1. The molecule has 0 unspecified atom stereocenters. The highest BCUT2D eigenvalue weighted by Crippen LogP contribution is 2.23. The zero-order valence-corrected chi connectivity index (χ0v) is 16.2. The van der Waals surface area contributed by atoms with Crippen LogP contribution in [0.4, 0.5) is 0 Å². The highest BCUT2D eigenvalue weighted by molar-refractivity contribution is 7.09.